The fraction of sp³-hybridized carbons (Fsp3) is 0.895. The number of unbranched alkanes of at least 4 members (excludes halogenated alkanes) is 6. The van der Waals surface area contributed by atoms with Crippen LogP contribution in [0.5, 0.6) is 0 Å². The van der Waals surface area contributed by atoms with Crippen LogP contribution in [0.1, 0.15) is 72.1 Å². The van der Waals surface area contributed by atoms with Crippen LogP contribution in [0.25, 0.3) is 0 Å². The van der Waals surface area contributed by atoms with Crippen LogP contribution in [0.3, 0.4) is 0 Å². The minimum atomic E-state index is -0.621. The van der Waals surface area contributed by atoms with E-state index in [0.717, 1.165) is 12.8 Å². The van der Waals surface area contributed by atoms with Crippen molar-refractivity contribution in [3.63, 3.8) is 0 Å². The molecule has 0 aromatic rings. The molecule has 0 bridgehead atoms. The monoisotopic (exact) mass is 330 g/mol. The predicted octanol–water partition coefficient (Wildman–Crippen LogP) is 5.07. The van der Waals surface area contributed by atoms with Gasteiger partial charge in [-0.25, -0.2) is 0 Å². The maximum Gasteiger partial charge on any atom is 0.202 e. The molecule has 0 aromatic carbocycles. The van der Waals surface area contributed by atoms with E-state index in [4.69, 9.17) is 18.9 Å². The van der Waals surface area contributed by atoms with Crippen molar-refractivity contribution in [2.24, 2.45) is 0 Å². The smallest absolute Gasteiger partial charge is 0.202 e. The fourth-order valence-electron chi connectivity index (χ4n) is 2.60. The molecule has 0 radical (unpaired) electrons. The summed E-state index contributed by atoms with van der Waals surface area (Å²) in [4.78, 5) is 0. The first kappa shape index (κ1) is 22.4. The molecular formula is C19H38O4. The molecule has 4 heteroatoms. The minimum Gasteiger partial charge on any atom is -0.496 e. The number of hydrogen-bond donors (Lipinski definition) is 0. The summed E-state index contributed by atoms with van der Waals surface area (Å²) in [6.45, 7) is 8.47. The van der Waals surface area contributed by atoms with Crippen LogP contribution in [0.4, 0.5) is 0 Å². The molecule has 0 N–H and O–H groups in total. The molecule has 0 unspecified atom stereocenters. The summed E-state index contributed by atoms with van der Waals surface area (Å²) in [5.41, 5.74) is 0. The minimum absolute atomic E-state index is 0.421. The summed E-state index contributed by atoms with van der Waals surface area (Å²) in [5.74, 6) is -0.621. The Kier molecular flexibility index (Phi) is 15.9. The van der Waals surface area contributed by atoms with Crippen LogP contribution < -0.4 is 0 Å². The molecule has 0 aliphatic heterocycles. The van der Waals surface area contributed by atoms with Crippen molar-refractivity contribution >= 4 is 0 Å². The summed E-state index contributed by atoms with van der Waals surface area (Å²) >= 11 is 0. The zero-order chi connectivity index (χ0) is 17.2. The predicted molar refractivity (Wildman–Crippen MR) is 95.6 cm³/mol. The van der Waals surface area contributed by atoms with Crippen molar-refractivity contribution in [1.29, 1.82) is 0 Å². The van der Waals surface area contributed by atoms with E-state index in [0.29, 0.717) is 26.4 Å². The van der Waals surface area contributed by atoms with Crippen molar-refractivity contribution in [3.05, 3.63) is 12.3 Å². The quantitative estimate of drug-likeness (QED) is 0.212. The van der Waals surface area contributed by atoms with E-state index in [1.165, 1.54) is 38.5 Å². The third-order valence-corrected chi connectivity index (χ3v) is 3.73. The summed E-state index contributed by atoms with van der Waals surface area (Å²) in [5, 5.41) is 0. The molecule has 23 heavy (non-hydrogen) atoms. The van der Waals surface area contributed by atoms with Gasteiger partial charge in [-0.05, 0) is 26.3 Å². The Balaban J connectivity index is 4.19. The summed E-state index contributed by atoms with van der Waals surface area (Å²) in [7, 11) is 1.66. The van der Waals surface area contributed by atoms with Gasteiger partial charge in [-0.3, -0.25) is 0 Å². The molecule has 0 saturated carbocycles. The maximum atomic E-state index is 5.91. The SMILES string of the molecule is CCCCCCCCCC(COC=CCOC)(OCC)OCC. The first-order chi connectivity index (χ1) is 11.2. The Labute approximate surface area is 143 Å². The normalized spacial score (nSPS) is 12.2. The van der Waals surface area contributed by atoms with Gasteiger partial charge in [-0.15, -0.1) is 0 Å². The molecular weight excluding hydrogens is 292 g/mol. The van der Waals surface area contributed by atoms with Gasteiger partial charge in [0.2, 0.25) is 5.79 Å². The maximum absolute atomic E-state index is 5.91. The number of ether oxygens (including phenoxy) is 4. The third kappa shape index (κ3) is 12.5. The second kappa shape index (κ2) is 16.3. The number of hydrogen-bond acceptors (Lipinski definition) is 4. The molecule has 0 aromatic heterocycles. The summed E-state index contributed by atoms with van der Waals surface area (Å²) in [6.07, 6.45) is 13.4. The zero-order valence-corrected chi connectivity index (χ0v) is 15.8. The summed E-state index contributed by atoms with van der Waals surface area (Å²) < 4.78 is 22.4. The Morgan fingerprint density at radius 3 is 2.00 bits per heavy atom. The highest BCUT2D eigenvalue weighted by atomic mass is 16.7. The molecule has 0 aliphatic carbocycles. The lowest BCUT2D eigenvalue weighted by atomic mass is 10.0. The number of methoxy groups -OCH3 is 1. The average molecular weight is 331 g/mol. The van der Waals surface area contributed by atoms with Gasteiger partial charge in [-0.2, -0.15) is 0 Å². The van der Waals surface area contributed by atoms with Crippen molar-refractivity contribution in [1.82, 2.24) is 0 Å². The van der Waals surface area contributed by atoms with Crippen LogP contribution in [0, 0.1) is 0 Å². The van der Waals surface area contributed by atoms with Crippen LogP contribution in [0.2, 0.25) is 0 Å². The fourth-order valence-corrected chi connectivity index (χ4v) is 2.60. The van der Waals surface area contributed by atoms with Gasteiger partial charge in [-0.1, -0.05) is 45.4 Å². The van der Waals surface area contributed by atoms with Gasteiger partial charge in [0.1, 0.15) is 6.61 Å². The molecule has 138 valence electrons. The standard InChI is InChI=1S/C19H38O4/c1-5-8-9-10-11-12-13-15-19(22-6-2,23-7-3)18-21-17-14-16-20-4/h14,17H,5-13,15-16,18H2,1-4H3. The molecule has 0 spiro atoms. The zero-order valence-electron chi connectivity index (χ0n) is 15.8. The molecule has 0 rings (SSSR count). The van der Waals surface area contributed by atoms with E-state index in [1.807, 2.05) is 19.9 Å². The van der Waals surface area contributed by atoms with Gasteiger partial charge < -0.3 is 18.9 Å². The van der Waals surface area contributed by atoms with E-state index < -0.39 is 5.79 Å². The van der Waals surface area contributed by atoms with Crippen molar-refractivity contribution in [2.75, 3.05) is 33.5 Å². The first-order valence-corrected chi connectivity index (χ1v) is 9.28. The highest BCUT2D eigenvalue weighted by Gasteiger charge is 2.31. The van der Waals surface area contributed by atoms with E-state index in [9.17, 15) is 0 Å². The van der Waals surface area contributed by atoms with Crippen molar-refractivity contribution in [2.45, 2.75) is 77.9 Å². The Hall–Kier alpha value is -0.580. The van der Waals surface area contributed by atoms with E-state index in [1.54, 1.807) is 13.4 Å². The average Bonchev–Trinajstić information content (AvgIpc) is 2.54. The second-order valence-corrected chi connectivity index (χ2v) is 5.79. The molecule has 0 heterocycles. The van der Waals surface area contributed by atoms with Gasteiger partial charge in [0.15, 0.2) is 0 Å². The van der Waals surface area contributed by atoms with Crippen molar-refractivity contribution in [3.8, 4) is 0 Å². The third-order valence-electron chi connectivity index (χ3n) is 3.73. The van der Waals surface area contributed by atoms with Crippen LogP contribution in [0.15, 0.2) is 12.3 Å². The molecule has 0 fully saturated rings. The summed E-state index contributed by atoms with van der Waals surface area (Å²) in [6, 6.07) is 0. The molecule has 0 atom stereocenters. The molecule has 0 aliphatic rings. The van der Waals surface area contributed by atoms with Gasteiger partial charge in [0.25, 0.3) is 0 Å². The molecule has 4 nitrogen and oxygen atoms in total. The molecule has 0 saturated heterocycles. The Bertz CT molecular complexity index is 260. The van der Waals surface area contributed by atoms with Crippen LogP contribution in [-0.4, -0.2) is 39.3 Å². The van der Waals surface area contributed by atoms with Gasteiger partial charge in [0, 0.05) is 26.7 Å². The highest BCUT2D eigenvalue weighted by Crippen LogP contribution is 2.23. The Morgan fingerprint density at radius 2 is 1.43 bits per heavy atom. The number of rotatable bonds is 17. The molecule has 0 amide bonds. The van der Waals surface area contributed by atoms with Crippen LogP contribution in [-0.2, 0) is 18.9 Å². The highest BCUT2D eigenvalue weighted by molar-refractivity contribution is 4.76. The van der Waals surface area contributed by atoms with Gasteiger partial charge >= 0.3 is 0 Å². The van der Waals surface area contributed by atoms with Crippen molar-refractivity contribution < 1.29 is 18.9 Å². The lowest BCUT2D eigenvalue weighted by Gasteiger charge is -2.32. The van der Waals surface area contributed by atoms with E-state index in [2.05, 4.69) is 6.92 Å². The topological polar surface area (TPSA) is 36.9 Å². The second-order valence-electron chi connectivity index (χ2n) is 5.79. The lowest BCUT2D eigenvalue weighted by Crippen LogP contribution is -2.40. The first-order valence-electron chi connectivity index (χ1n) is 9.28. The van der Waals surface area contributed by atoms with Gasteiger partial charge in [0.05, 0.1) is 12.9 Å². The van der Waals surface area contributed by atoms with E-state index >= 15 is 0 Å². The van der Waals surface area contributed by atoms with Crippen LogP contribution >= 0.6 is 0 Å². The lowest BCUT2D eigenvalue weighted by molar-refractivity contribution is -0.255. The van der Waals surface area contributed by atoms with E-state index in [-0.39, 0.29) is 0 Å². The Morgan fingerprint density at radius 1 is 0.826 bits per heavy atom. The largest absolute Gasteiger partial charge is 0.496 e.